The van der Waals surface area contributed by atoms with Gasteiger partial charge in [-0.3, -0.25) is 4.79 Å². The third-order valence-corrected chi connectivity index (χ3v) is 1.20. The van der Waals surface area contributed by atoms with Gasteiger partial charge in [0.15, 0.2) is 12.4 Å². The fourth-order valence-corrected chi connectivity index (χ4v) is 0.621. The summed E-state index contributed by atoms with van der Waals surface area (Å²) in [6.45, 7) is 0. The lowest BCUT2D eigenvalue weighted by Crippen LogP contribution is -2.37. The van der Waals surface area contributed by atoms with Crippen molar-refractivity contribution in [3.8, 4) is 0 Å². The van der Waals surface area contributed by atoms with Crippen LogP contribution >= 0.6 is 0 Å². The van der Waals surface area contributed by atoms with Crippen LogP contribution in [0.15, 0.2) is 0 Å². The second-order valence-corrected chi connectivity index (χ2v) is 2.05. The Hall–Kier alpha value is -0.955. The molecule has 1 fully saturated rings. The molecule has 0 amide bonds. The summed E-state index contributed by atoms with van der Waals surface area (Å²) < 4.78 is 7.95. The van der Waals surface area contributed by atoms with Crippen molar-refractivity contribution < 1.29 is 34.1 Å². The molecule has 0 aliphatic carbocycles. The molecular formula is C4H5BO7. The van der Waals surface area contributed by atoms with E-state index in [1.54, 1.807) is 0 Å². The minimum absolute atomic E-state index is 1.36. The van der Waals surface area contributed by atoms with E-state index in [0.29, 0.717) is 0 Å². The number of aliphatic hydroxyl groups excluding tert-OH is 2. The molecule has 8 heteroatoms. The minimum atomic E-state index is -2.03. The van der Waals surface area contributed by atoms with Gasteiger partial charge in [-0.25, -0.2) is 4.79 Å². The molecule has 0 bridgehead atoms. The average molecular weight is 176 g/mol. The molecule has 2 unspecified atom stereocenters. The normalized spacial score (nSPS) is 31.4. The average Bonchev–Trinajstić information content (AvgIpc) is 2.05. The second kappa shape index (κ2) is 3.19. The number of aliphatic hydroxyl groups is 2. The fraction of sp³-hybridized carbons (Fsp3) is 0.500. The predicted octanol–water partition coefficient (Wildman–Crippen LogP) is -3.21. The summed E-state index contributed by atoms with van der Waals surface area (Å²) in [4.78, 5) is 21.1. The molecule has 1 aliphatic heterocycles. The first kappa shape index (κ1) is 9.14. The molecule has 1 aliphatic rings. The molecule has 3 N–H and O–H groups in total. The Bertz CT molecular complexity index is 215. The number of rotatable bonds is 0. The van der Waals surface area contributed by atoms with Crippen LogP contribution in [-0.4, -0.2) is 46.7 Å². The van der Waals surface area contributed by atoms with Crippen LogP contribution < -0.4 is 0 Å². The molecule has 0 radical (unpaired) electrons. The molecule has 2 atom stereocenters. The molecule has 0 spiro atoms. The molecule has 66 valence electrons. The van der Waals surface area contributed by atoms with E-state index in [-0.39, 0.29) is 0 Å². The number of Topliss-reactive ketones (excluding diaryl/α,β-unsaturated/α-hetero) is 1. The van der Waals surface area contributed by atoms with Gasteiger partial charge in [0, 0.05) is 0 Å². The lowest BCUT2D eigenvalue weighted by molar-refractivity contribution is -0.156. The largest absolute Gasteiger partial charge is 0.714 e. The minimum Gasteiger partial charge on any atom is -0.479 e. The first-order chi connectivity index (χ1) is 5.52. The molecule has 1 heterocycles. The van der Waals surface area contributed by atoms with Crippen molar-refractivity contribution in [3.05, 3.63) is 0 Å². The summed E-state index contributed by atoms with van der Waals surface area (Å²) in [7, 11) is -2.03. The second-order valence-electron chi connectivity index (χ2n) is 2.05. The van der Waals surface area contributed by atoms with Gasteiger partial charge >= 0.3 is 13.3 Å². The highest BCUT2D eigenvalue weighted by Crippen LogP contribution is 2.06. The van der Waals surface area contributed by atoms with E-state index < -0.39 is 31.5 Å². The predicted molar refractivity (Wildman–Crippen MR) is 32.2 cm³/mol. The summed E-state index contributed by atoms with van der Waals surface area (Å²) in [5, 5.41) is 26.1. The van der Waals surface area contributed by atoms with Crippen molar-refractivity contribution in [3.63, 3.8) is 0 Å². The van der Waals surface area contributed by atoms with Gasteiger partial charge in [0.1, 0.15) is 0 Å². The van der Waals surface area contributed by atoms with Gasteiger partial charge in [-0.1, -0.05) is 0 Å². The number of carbonyl (C=O) groups is 2. The SMILES string of the molecule is O=C1OB(O)OC(O)C(O)C1=O. The molecule has 0 saturated carbocycles. The van der Waals surface area contributed by atoms with Crippen molar-refractivity contribution in [1.29, 1.82) is 0 Å². The topological polar surface area (TPSA) is 113 Å². The maximum Gasteiger partial charge on any atom is 0.714 e. The lowest BCUT2D eigenvalue weighted by Gasteiger charge is -2.10. The fourth-order valence-electron chi connectivity index (χ4n) is 0.621. The third kappa shape index (κ3) is 1.61. The highest BCUT2D eigenvalue weighted by atomic mass is 16.7. The van der Waals surface area contributed by atoms with Crippen LogP contribution in [-0.2, 0) is 18.9 Å². The molecular weight excluding hydrogens is 171 g/mol. The molecule has 1 rings (SSSR count). The maximum atomic E-state index is 10.6. The van der Waals surface area contributed by atoms with Gasteiger partial charge in [-0.15, -0.1) is 0 Å². The van der Waals surface area contributed by atoms with Gasteiger partial charge in [0.25, 0.3) is 5.78 Å². The van der Waals surface area contributed by atoms with Gasteiger partial charge in [0.05, 0.1) is 0 Å². The summed E-state index contributed by atoms with van der Waals surface area (Å²) in [6.07, 6.45) is -3.98. The van der Waals surface area contributed by atoms with Gasteiger partial charge in [-0.2, -0.15) is 0 Å². The Morgan fingerprint density at radius 3 is 2.50 bits per heavy atom. The van der Waals surface area contributed by atoms with E-state index in [4.69, 9.17) is 15.2 Å². The van der Waals surface area contributed by atoms with Crippen LogP contribution in [0.3, 0.4) is 0 Å². The molecule has 7 nitrogen and oxygen atoms in total. The van der Waals surface area contributed by atoms with Gasteiger partial charge in [-0.05, 0) is 0 Å². The standard InChI is InChI=1S/C4H5BO7/c6-1-2(7)4(9)12-5(10)11-3(1)8/h1,3,6,8,10H. The number of hydrogen-bond donors (Lipinski definition) is 3. The van der Waals surface area contributed by atoms with Crippen LogP contribution in [0, 0.1) is 0 Å². The van der Waals surface area contributed by atoms with Gasteiger partial charge < -0.3 is 24.5 Å². The maximum absolute atomic E-state index is 10.6. The first-order valence-electron chi connectivity index (χ1n) is 2.97. The van der Waals surface area contributed by atoms with E-state index >= 15 is 0 Å². The van der Waals surface area contributed by atoms with Crippen molar-refractivity contribution in [2.45, 2.75) is 12.4 Å². The van der Waals surface area contributed by atoms with E-state index in [2.05, 4.69) is 9.31 Å². The van der Waals surface area contributed by atoms with E-state index in [0.717, 1.165) is 0 Å². The molecule has 1 saturated heterocycles. The molecule has 12 heavy (non-hydrogen) atoms. The van der Waals surface area contributed by atoms with E-state index in [9.17, 15) is 9.59 Å². The van der Waals surface area contributed by atoms with Crippen LogP contribution in [0.4, 0.5) is 0 Å². The zero-order chi connectivity index (χ0) is 9.30. The van der Waals surface area contributed by atoms with E-state index in [1.165, 1.54) is 0 Å². The third-order valence-electron chi connectivity index (χ3n) is 1.20. The van der Waals surface area contributed by atoms with E-state index in [1.807, 2.05) is 0 Å². The molecule has 0 aromatic heterocycles. The number of carbonyl (C=O) groups excluding carboxylic acids is 2. The van der Waals surface area contributed by atoms with Crippen molar-refractivity contribution >= 4 is 19.1 Å². The summed E-state index contributed by atoms with van der Waals surface area (Å²) in [5.74, 6) is -2.81. The zero-order valence-corrected chi connectivity index (χ0v) is 5.71. The smallest absolute Gasteiger partial charge is 0.479 e. The van der Waals surface area contributed by atoms with Crippen LogP contribution in [0.1, 0.15) is 0 Å². The molecule has 0 aromatic carbocycles. The summed E-state index contributed by atoms with van der Waals surface area (Å²) >= 11 is 0. The Labute approximate surface area is 66.7 Å². The Morgan fingerprint density at radius 2 is 1.92 bits per heavy atom. The summed E-state index contributed by atoms with van der Waals surface area (Å²) in [6, 6.07) is 0. The summed E-state index contributed by atoms with van der Waals surface area (Å²) in [5.41, 5.74) is 0. The van der Waals surface area contributed by atoms with Crippen molar-refractivity contribution in [2.24, 2.45) is 0 Å². The Kier molecular flexibility index (Phi) is 2.43. The van der Waals surface area contributed by atoms with Crippen LogP contribution in [0.5, 0.6) is 0 Å². The monoisotopic (exact) mass is 176 g/mol. The van der Waals surface area contributed by atoms with Crippen molar-refractivity contribution in [2.75, 3.05) is 0 Å². The Morgan fingerprint density at radius 1 is 1.33 bits per heavy atom. The highest BCUT2D eigenvalue weighted by Gasteiger charge is 2.41. The Balaban J connectivity index is 2.80. The van der Waals surface area contributed by atoms with Gasteiger partial charge in [0.2, 0.25) is 0 Å². The number of ketones is 1. The number of hydrogen-bond acceptors (Lipinski definition) is 7. The quantitative estimate of drug-likeness (QED) is 0.262. The highest BCUT2D eigenvalue weighted by molar-refractivity contribution is 6.47. The van der Waals surface area contributed by atoms with Crippen LogP contribution in [0.25, 0.3) is 0 Å². The molecule has 0 aromatic rings. The van der Waals surface area contributed by atoms with Crippen molar-refractivity contribution in [1.82, 2.24) is 0 Å². The lowest BCUT2D eigenvalue weighted by atomic mass is 10.2. The van der Waals surface area contributed by atoms with Crippen LogP contribution in [0.2, 0.25) is 0 Å². The zero-order valence-electron chi connectivity index (χ0n) is 5.71. The first-order valence-corrected chi connectivity index (χ1v) is 2.97.